The molecule has 3 rings (SSSR count). The minimum Gasteiger partial charge on any atom is -0.382 e. The summed E-state index contributed by atoms with van der Waals surface area (Å²) in [4.78, 5) is 15.0. The molecular weight excluding hydrogens is 358 g/mol. The molecule has 2 N–H and O–H groups in total. The van der Waals surface area contributed by atoms with Crippen LogP contribution in [-0.4, -0.2) is 29.9 Å². The van der Waals surface area contributed by atoms with E-state index in [1.54, 1.807) is 0 Å². The average Bonchev–Trinajstić information content (AvgIpc) is 3.14. The van der Waals surface area contributed by atoms with E-state index in [2.05, 4.69) is 59.7 Å². The Bertz CT molecular complexity index is 758. The Labute approximate surface area is 175 Å². The van der Waals surface area contributed by atoms with Gasteiger partial charge in [-0.05, 0) is 48.6 Å². The first-order valence-electron chi connectivity index (χ1n) is 11.1. The van der Waals surface area contributed by atoms with Crippen LogP contribution in [0.3, 0.4) is 0 Å². The third-order valence-corrected chi connectivity index (χ3v) is 5.61. The molecule has 4 nitrogen and oxygen atoms in total. The Morgan fingerprint density at radius 2 is 1.69 bits per heavy atom. The highest BCUT2D eigenvalue weighted by Crippen LogP contribution is 2.22. The van der Waals surface area contributed by atoms with Crippen LogP contribution in [-0.2, 0) is 13.1 Å². The first-order chi connectivity index (χ1) is 14.2. The van der Waals surface area contributed by atoms with E-state index >= 15 is 0 Å². The van der Waals surface area contributed by atoms with Crippen molar-refractivity contribution in [2.75, 3.05) is 18.4 Å². The standard InChI is InChI=1S/C25H35N3O/c1-3-9-23(10-4-2)27-24-14-7-13-20(17-24)25(29)26-15-8-16-28-18-21-11-5-6-12-22(21)19-28/h5-7,11-14,17,23,27H,3-4,8-10,15-16,18-19H2,1-2H3,(H,26,29). The van der Waals surface area contributed by atoms with Gasteiger partial charge in [0.2, 0.25) is 0 Å². The summed E-state index contributed by atoms with van der Waals surface area (Å²) in [5, 5.41) is 6.68. The van der Waals surface area contributed by atoms with Crippen LogP contribution >= 0.6 is 0 Å². The number of carbonyl (C=O) groups excluding carboxylic acids is 1. The van der Waals surface area contributed by atoms with Gasteiger partial charge in [0.05, 0.1) is 0 Å². The van der Waals surface area contributed by atoms with Crippen LogP contribution in [0.2, 0.25) is 0 Å². The van der Waals surface area contributed by atoms with Gasteiger partial charge >= 0.3 is 0 Å². The van der Waals surface area contributed by atoms with Gasteiger partial charge in [0.25, 0.3) is 5.91 Å². The highest BCUT2D eigenvalue weighted by atomic mass is 16.1. The van der Waals surface area contributed by atoms with Crippen molar-refractivity contribution in [2.24, 2.45) is 0 Å². The summed E-state index contributed by atoms with van der Waals surface area (Å²) in [5.74, 6) is 0.0147. The van der Waals surface area contributed by atoms with E-state index in [9.17, 15) is 4.79 Å². The fourth-order valence-electron chi connectivity index (χ4n) is 4.14. The summed E-state index contributed by atoms with van der Waals surface area (Å²) in [6, 6.07) is 17.0. The Balaban J connectivity index is 1.42. The molecule has 0 saturated heterocycles. The van der Waals surface area contributed by atoms with E-state index in [1.807, 2.05) is 18.2 Å². The molecule has 0 unspecified atom stereocenters. The van der Waals surface area contributed by atoms with Gasteiger partial charge in [0.1, 0.15) is 0 Å². The van der Waals surface area contributed by atoms with Crippen molar-refractivity contribution >= 4 is 11.6 Å². The normalized spacial score (nSPS) is 13.5. The smallest absolute Gasteiger partial charge is 0.251 e. The number of fused-ring (bicyclic) bond motifs is 1. The second kappa shape index (κ2) is 11.0. The van der Waals surface area contributed by atoms with E-state index in [0.717, 1.165) is 50.1 Å². The molecule has 0 aliphatic carbocycles. The molecule has 2 aromatic carbocycles. The lowest BCUT2D eigenvalue weighted by Gasteiger charge is -2.19. The van der Waals surface area contributed by atoms with E-state index < -0.39 is 0 Å². The molecule has 29 heavy (non-hydrogen) atoms. The van der Waals surface area contributed by atoms with E-state index in [4.69, 9.17) is 0 Å². The molecule has 1 aliphatic rings. The summed E-state index contributed by atoms with van der Waals surface area (Å²) in [6.07, 6.45) is 5.61. The van der Waals surface area contributed by atoms with Gasteiger partial charge in [-0.1, -0.05) is 57.0 Å². The minimum atomic E-state index is 0.0147. The van der Waals surface area contributed by atoms with E-state index in [1.165, 1.54) is 24.0 Å². The number of rotatable bonds is 11. The van der Waals surface area contributed by atoms with Crippen molar-refractivity contribution in [2.45, 2.75) is 65.1 Å². The fourth-order valence-corrected chi connectivity index (χ4v) is 4.14. The lowest BCUT2D eigenvalue weighted by Crippen LogP contribution is -2.28. The Morgan fingerprint density at radius 3 is 2.34 bits per heavy atom. The van der Waals surface area contributed by atoms with Crippen LogP contribution in [0, 0.1) is 0 Å². The van der Waals surface area contributed by atoms with E-state index in [-0.39, 0.29) is 5.91 Å². The summed E-state index contributed by atoms with van der Waals surface area (Å²) in [5.41, 5.74) is 4.64. The molecule has 0 saturated carbocycles. The maximum atomic E-state index is 12.6. The number of carbonyl (C=O) groups is 1. The molecule has 4 heteroatoms. The van der Waals surface area contributed by atoms with Gasteiger partial charge in [-0.3, -0.25) is 9.69 Å². The largest absolute Gasteiger partial charge is 0.382 e. The Hall–Kier alpha value is -2.33. The van der Waals surface area contributed by atoms with Crippen LogP contribution in [0.25, 0.3) is 0 Å². The number of hydrogen-bond acceptors (Lipinski definition) is 3. The van der Waals surface area contributed by atoms with Gasteiger partial charge in [0, 0.05) is 43.5 Å². The van der Waals surface area contributed by atoms with Crippen LogP contribution in [0.5, 0.6) is 0 Å². The van der Waals surface area contributed by atoms with Gasteiger partial charge in [0.15, 0.2) is 0 Å². The molecule has 0 fully saturated rings. The maximum Gasteiger partial charge on any atom is 0.251 e. The number of anilines is 1. The predicted octanol–water partition coefficient (Wildman–Crippen LogP) is 5.20. The van der Waals surface area contributed by atoms with E-state index in [0.29, 0.717) is 12.6 Å². The lowest BCUT2D eigenvalue weighted by atomic mass is 10.1. The van der Waals surface area contributed by atoms with Gasteiger partial charge in [-0.15, -0.1) is 0 Å². The minimum absolute atomic E-state index is 0.0147. The molecule has 2 aromatic rings. The lowest BCUT2D eigenvalue weighted by molar-refractivity contribution is 0.0951. The number of nitrogens with one attached hydrogen (secondary N) is 2. The molecule has 0 bridgehead atoms. The molecule has 1 amide bonds. The zero-order valence-electron chi connectivity index (χ0n) is 17.9. The molecule has 1 aliphatic heterocycles. The number of hydrogen-bond donors (Lipinski definition) is 2. The summed E-state index contributed by atoms with van der Waals surface area (Å²) in [6.45, 7) is 8.19. The monoisotopic (exact) mass is 393 g/mol. The van der Waals surface area contributed by atoms with Crippen LogP contribution < -0.4 is 10.6 Å². The number of nitrogens with zero attached hydrogens (tertiary/aromatic N) is 1. The quantitative estimate of drug-likeness (QED) is 0.516. The molecule has 0 spiro atoms. The molecule has 0 atom stereocenters. The molecule has 0 radical (unpaired) electrons. The second-order valence-electron chi connectivity index (χ2n) is 8.09. The summed E-state index contributed by atoms with van der Waals surface area (Å²) < 4.78 is 0. The Kier molecular flexibility index (Phi) is 8.12. The summed E-state index contributed by atoms with van der Waals surface area (Å²) >= 11 is 0. The van der Waals surface area contributed by atoms with Crippen molar-refractivity contribution in [1.82, 2.24) is 10.2 Å². The first-order valence-corrected chi connectivity index (χ1v) is 11.1. The average molecular weight is 394 g/mol. The third kappa shape index (κ3) is 6.33. The zero-order valence-corrected chi connectivity index (χ0v) is 17.9. The number of amides is 1. The molecular formula is C25H35N3O. The first kappa shape index (κ1) is 21.4. The van der Waals surface area contributed by atoms with Crippen molar-refractivity contribution in [3.05, 3.63) is 65.2 Å². The number of benzene rings is 2. The van der Waals surface area contributed by atoms with Gasteiger partial charge < -0.3 is 10.6 Å². The molecule has 1 heterocycles. The van der Waals surface area contributed by atoms with Gasteiger partial charge in [-0.2, -0.15) is 0 Å². The Morgan fingerprint density at radius 1 is 1.00 bits per heavy atom. The van der Waals surface area contributed by atoms with Crippen molar-refractivity contribution < 1.29 is 4.79 Å². The highest BCUT2D eigenvalue weighted by Gasteiger charge is 2.17. The molecule has 156 valence electrons. The predicted molar refractivity (Wildman–Crippen MR) is 121 cm³/mol. The molecule has 0 aromatic heterocycles. The second-order valence-corrected chi connectivity index (χ2v) is 8.09. The SMILES string of the molecule is CCCC(CCC)Nc1cccc(C(=O)NCCCN2Cc3ccccc3C2)c1. The van der Waals surface area contributed by atoms with Crippen LogP contribution in [0.4, 0.5) is 5.69 Å². The third-order valence-electron chi connectivity index (χ3n) is 5.61. The highest BCUT2D eigenvalue weighted by molar-refractivity contribution is 5.95. The van der Waals surface area contributed by atoms with Crippen LogP contribution in [0.1, 0.15) is 67.4 Å². The zero-order chi connectivity index (χ0) is 20.5. The maximum absolute atomic E-state index is 12.6. The van der Waals surface area contributed by atoms with Crippen molar-refractivity contribution in [3.63, 3.8) is 0 Å². The van der Waals surface area contributed by atoms with Crippen molar-refractivity contribution in [1.29, 1.82) is 0 Å². The summed E-state index contributed by atoms with van der Waals surface area (Å²) in [7, 11) is 0. The topological polar surface area (TPSA) is 44.4 Å². The van der Waals surface area contributed by atoms with Crippen LogP contribution in [0.15, 0.2) is 48.5 Å². The van der Waals surface area contributed by atoms with Gasteiger partial charge in [-0.25, -0.2) is 0 Å². The fraction of sp³-hybridized carbons (Fsp3) is 0.480. The van der Waals surface area contributed by atoms with Crippen molar-refractivity contribution in [3.8, 4) is 0 Å².